The van der Waals surface area contributed by atoms with Crippen LogP contribution >= 0.6 is 23.4 Å². The van der Waals surface area contributed by atoms with E-state index in [1.54, 1.807) is 18.2 Å². The van der Waals surface area contributed by atoms with Crippen LogP contribution in [0.15, 0.2) is 41.6 Å². The number of carbonyl (C=O) groups is 1. The van der Waals surface area contributed by atoms with Crippen molar-refractivity contribution in [2.45, 2.75) is 5.16 Å². The van der Waals surface area contributed by atoms with Gasteiger partial charge in [-0.1, -0.05) is 35.5 Å². The maximum atomic E-state index is 13.4. The number of anilines is 1. The molecule has 3 N–H and O–H groups in total. The molecule has 3 rings (SSSR count). The van der Waals surface area contributed by atoms with Gasteiger partial charge in [-0.2, -0.15) is 0 Å². The van der Waals surface area contributed by atoms with Gasteiger partial charge in [0.1, 0.15) is 17.3 Å². The van der Waals surface area contributed by atoms with Crippen LogP contribution in [0, 0.1) is 5.82 Å². The van der Waals surface area contributed by atoms with Crippen molar-refractivity contribution >= 4 is 35.0 Å². The third kappa shape index (κ3) is 4.72. The van der Waals surface area contributed by atoms with Crippen LogP contribution in [0.25, 0.3) is 11.4 Å². The molecule has 0 aliphatic rings. The number of nitrogens with zero attached hydrogens (tertiary/aromatic N) is 3. The molecule has 8 nitrogen and oxygen atoms in total. The molecule has 1 amide bonds. The summed E-state index contributed by atoms with van der Waals surface area (Å²) >= 11 is 7.19. The molecule has 0 aliphatic heterocycles. The normalized spacial score (nSPS) is 10.6. The zero-order chi connectivity index (χ0) is 21.0. The summed E-state index contributed by atoms with van der Waals surface area (Å²) < 4.78 is 25.0. The Balaban J connectivity index is 1.68. The number of amides is 1. The molecule has 0 unspecified atom stereocenters. The van der Waals surface area contributed by atoms with Gasteiger partial charge in [-0.25, -0.2) is 9.07 Å². The van der Waals surface area contributed by atoms with Crippen LogP contribution in [-0.4, -0.2) is 40.8 Å². The van der Waals surface area contributed by atoms with E-state index >= 15 is 0 Å². The highest BCUT2D eigenvalue weighted by atomic mass is 35.5. The van der Waals surface area contributed by atoms with Crippen LogP contribution in [-0.2, 0) is 4.79 Å². The first-order chi connectivity index (χ1) is 13.9. The van der Waals surface area contributed by atoms with E-state index in [0.29, 0.717) is 32.9 Å². The van der Waals surface area contributed by atoms with Gasteiger partial charge in [0.2, 0.25) is 11.1 Å². The Hall–Kier alpha value is -2.98. The Labute approximate surface area is 175 Å². The van der Waals surface area contributed by atoms with Crippen molar-refractivity contribution in [3.8, 4) is 22.9 Å². The Morgan fingerprint density at radius 2 is 2.00 bits per heavy atom. The third-order valence-corrected chi connectivity index (χ3v) is 5.07. The van der Waals surface area contributed by atoms with Crippen LogP contribution in [0.2, 0.25) is 5.02 Å². The quantitative estimate of drug-likeness (QED) is 0.432. The van der Waals surface area contributed by atoms with E-state index < -0.39 is 5.82 Å². The van der Waals surface area contributed by atoms with Crippen molar-refractivity contribution in [3.05, 3.63) is 47.2 Å². The average Bonchev–Trinajstić information content (AvgIpc) is 3.07. The van der Waals surface area contributed by atoms with Gasteiger partial charge in [0.05, 0.1) is 30.7 Å². The summed E-state index contributed by atoms with van der Waals surface area (Å²) in [5.74, 6) is 6.37. The van der Waals surface area contributed by atoms with Gasteiger partial charge in [0.15, 0.2) is 5.82 Å². The largest absolute Gasteiger partial charge is 0.495 e. The Kier molecular flexibility index (Phi) is 6.45. The van der Waals surface area contributed by atoms with E-state index in [1.807, 2.05) is 0 Å². The van der Waals surface area contributed by atoms with Crippen LogP contribution < -0.4 is 20.6 Å². The first-order valence-electron chi connectivity index (χ1n) is 8.23. The van der Waals surface area contributed by atoms with Gasteiger partial charge in [-0.15, -0.1) is 10.2 Å². The molecule has 11 heteroatoms. The summed E-state index contributed by atoms with van der Waals surface area (Å²) in [5.41, 5.74) is 0.882. The summed E-state index contributed by atoms with van der Waals surface area (Å²) in [4.78, 5) is 12.3. The zero-order valence-corrected chi connectivity index (χ0v) is 17.1. The lowest BCUT2D eigenvalue weighted by molar-refractivity contribution is -0.113. The van der Waals surface area contributed by atoms with Crippen molar-refractivity contribution in [2.24, 2.45) is 0 Å². The molecule has 29 heavy (non-hydrogen) atoms. The fourth-order valence-corrected chi connectivity index (χ4v) is 3.37. The van der Waals surface area contributed by atoms with E-state index in [-0.39, 0.29) is 17.5 Å². The minimum absolute atomic E-state index is 0.00524. The molecule has 0 radical (unpaired) electrons. The van der Waals surface area contributed by atoms with E-state index in [1.165, 1.54) is 37.1 Å². The van der Waals surface area contributed by atoms with Crippen molar-refractivity contribution in [1.29, 1.82) is 0 Å². The number of nitrogens with two attached hydrogens (primary N) is 1. The number of nitrogen functional groups attached to an aromatic ring is 1. The molecule has 3 aromatic rings. The molecule has 0 saturated heterocycles. The minimum atomic E-state index is -0.411. The van der Waals surface area contributed by atoms with E-state index in [0.717, 1.165) is 11.8 Å². The lowest BCUT2D eigenvalue weighted by atomic mass is 10.2. The van der Waals surface area contributed by atoms with E-state index in [2.05, 4.69) is 15.5 Å². The number of hydrogen-bond donors (Lipinski definition) is 2. The molecule has 0 fully saturated rings. The fourth-order valence-electron chi connectivity index (χ4n) is 2.47. The monoisotopic (exact) mass is 437 g/mol. The fraction of sp³-hybridized carbons (Fsp3) is 0.167. The first-order valence-corrected chi connectivity index (χ1v) is 9.60. The number of aromatic nitrogens is 3. The molecular weight excluding hydrogens is 421 g/mol. The summed E-state index contributed by atoms with van der Waals surface area (Å²) in [6, 6.07) is 8.95. The lowest BCUT2D eigenvalue weighted by Gasteiger charge is -2.13. The standard InChI is InChI=1S/C18H17ClFN5O3S/c1-27-14-8-15(28-2)13(7-12(14)19)22-16(26)9-29-18-24-23-17(25(18)21)10-4-3-5-11(20)6-10/h3-8H,9,21H2,1-2H3,(H,22,26). The van der Waals surface area contributed by atoms with E-state index in [4.69, 9.17) is 26.9 Å². The first kappa shape index (κ1) is 20.7. The molecule has 2 aromatic carbocycles. The number of ether oxygens (including phenoxy) is 2. The van der Waals surface area contributed by atoms with Gasteiger partial charge in [0.25, 0.3) is 0 Å². The molecule has 1 aromatic heterocycles. The Bertz CT molecular complexity index is 1050. The number of rotatable bonds is 7. The number of thioether (sulfide) groups is 1. The highest BCUT2D eigenvalue weighted by Gasteiger charge is 2.16. The van der Waals surface area contributed by atoms with Crippen LogP contribution in [0.1, 0.15) is 0 Å². The summed E-state index contributed by atoms with van der Waals surface area (Å²) in [6.45, 7) is 0. The number of carbonyl (C=O) groups excluding carboxylic acids is 1. The Morgan fingerprint density at radius 1 is 1.24 bits per heavy atom. The maximum absolute atomic E-state index is 13.4. The molecule has 0 atom stereocenters. The SMILES string of the molecule is COc1cc(OC)c(NC(=O)CSc2nnc(-c3cccc(F)c3)n2N)cc1Cl. The highest BCUT2D eigenvalue weighted by Crippen LogP contribution is 2.36. The van der Waals surface area contributed by atoms with Crippen molar-refractivity contribution in [1.82, 2.24) is 14.9 Å². The second-order valence-electron chi connectivity index (χ2n) is 5.71. The molecule has 1 heterocycles. The molecule has 152 valence electrons. The highest BCUT2D eigenvalue weighted by molar-refractivity contribution is 7.99. The summed E-state index contributed by atoms with van der Waals surface area (Å²) in [7, 11) is 2.95. The van der Waals surface area contributed by atoms with Crippen molar-refractivity contribution < 1.29 is 18.7 Å². The number of hydrogen-bond acceptors (Lipinski definition) is 7. The van der Waals surface area contributed by atoms with E-state index in [9.17, 15) is 9.18 Å². The summed E-state index contributed by atoms with van der Waals surface area (Å²) in [5, 5.41) is 11.3. The molecule has 0 aliphatic carbocycles. The second kappa shape index (κ2) is 9.01. The lowest BCUT2D eigenvalue weighted by Crippen LogP contribution is -2.17. The van der Waals surface area contributed by atoms with Crippen LogP contribution in [0.5, 0.6) is 11.5 Å². The maximum Gasteiger partial charge on any atom is 0.234 e. The van der Waals surface area contributed by atoms with Gasteiger partial charge < -0.3 is 20.6 Å². The average molecular weight is 438 g/mol. The molecule has 0 spiro atoms. The second-order valence-corrected chi connectivity index (χ2v) is 7.06. The smallest absolute Gasteiger partial charge is 0.234 e. The third-order valence-electron chi connectivity index (χ3n) is 3.83. The number of methoxy groups -OCH3 is 2. The van der Waals surface area contributed by atoms with Gasteiger partial charge >= 0.3 is 0 Å². The van der Waals surface area contributed by atoms with Gasteiger partial charge in [0, 0.05) is 11.6 Å². The number of nitrogens with one attached hydrogen (secondary N) is 1. The predicted molar refractivity (Wildman–Crippen MR) is 109 cm³/mol. The molecule has 0 saturated carbocycles. The summed E-state index contributed by atoms with van der Waals surface area (Å²) in [6.07, 6.45) is 0. The predicted octanol–water partition coefficient (Wildman–Crippen LogP) is 3.20. The van der Waals surface area contributed by atoms with Crippen LogP contribution in [0.4, 0.5) is 10.1 Å². The topological polar surface area (TPSA) is 104 Å². The number of benzene rings is 2. The number of halogens is 2. The minimum Gasteiger partial charge on any atom is -0.495 e. The molecular formula is C18H17ClFN5O3S. The Morgan fingerprint density at radius 3 is 2.69 bits per heavy atom. The van der Waals surface area contributed by atoms with Crippen molar-refractivity contribution in [3.63, 3.8) is 0 Å². The van der Waals surface area contributed by atoms with Gasteiger partial charge in [-0.05, 0) is 18.2 Å². The zero-order valence-electron chi connectivity index (χ0n) is 15.5. The van der Waals surface area contributed by atoms with Crippen molar-refractivity contribution in [2.75, 3.05) is 31.1 Å². The van der Waals surface area contributed by atoms with Crippen LogP contribution in [0.3, 0.4) is 0 Å². The molecule has 0 bridgehead atoms. The van der Waals surface area contributed by atoms with Gasteiger partial charge in [-0.3, -0.25) is 4.79 Å².